The fraction of sp³-hybridized carbons (Fsp3) is 0. The van der Waals surface area contributed by atoms with Gasteiger partial charge in [0.15, 0.2) is 17.5 Å². The molecule has 4 nitrogen and oxygen atoms in total. The van der Waals surface area contributed by atoms with Crippen molar-refractivity contribution in [3.63, 3.8) is 0 Å². The van der Waals surface area contributed by atoms with Crippen LogP contribution in [0.2, 0.25) is 0 Å². The highest BCUT2D eigenvalue weighted by molar-refractivity contribution is 6.12. The Bertz CT molecular complexity index is 2540. The molecule has 0 fully saturated rings. The van der Waals surface area contributed by atoms with Crippen LogP contribution in [0.25, 0.3) is 88.8 Å². The summed E-state index contributed by atoms with van der Waals surface area (Å²) in [6, 6.07) is 52.2. The number of furan rings is 1. The van der Waals surface area contributed by atoms with E-state index in [1.165, 1.54) is 10.8 Å². The Morgan fingerprint density at radius 1 is 0.356 bits per heavy atom. The lowest BCUT2D eigenvalue weighted by atomic mass is 9.90. The van der Waals surface area contributed by atoms with Gasteiger partial charge in [-0.25, -0.2) is 15.0 Å². The maximum atomic E-state index is 6.24. The van der Waals surface area contributed by atoms with E-state index >= 15 is 0 Å². The van der Waals surface area contributed by atoms with Gasteiger partial charge in [-0.15, -0.1) is 0 Å². The molecule has 0 N–H and O–H groups in total. The van der Waals surface area contributed by atoms with Crippen molar-refractivity contribution in [3.8, 4) is 45.3 Å². The number of para-hydroxylation sites is 1. The molecule has 0 spiro atoms. The zero-order chi connectivity index (χ0) is 29.7. The summed E-state index contributed by atoms with van der Waals surface area (Å²) in [4.78, 5) is 15.5. The second-order valence-corrected chi connectivity index (χ2v) is 11.2. The van der Waals surface area contributed by atoms with Crippen LogP contribution in [0.4, 0.5) is 0 Å². The summed E-state index contributed by atoms with van der Waals surface area (Å²) in [7, 11) is 0. The zero-order valence-electron chi connectivity index (χ0n) is 24.2. The molecule has 0 amide bonds. The molecule has 9 aromatic rings. The van der Waals surface area contributed by atoms with Crippen molar-refractivity contribution in [2.75, 3.05) is 0 Å². The number of rotatable bonds is 4. The molecule has 0 atom stereocenters. The predicted molar refractivity (Wildman–Crippen MR) is 184 cm³/mol. The summed E-state index contributed by atoms with van der Waals surface area (Å²) in [6.07, 6.45) is 0. The normalized spacial score (nSPS) is 11.6. The fourth-order valence-electron chi connectivity index (χ4n) is 6.49. The van der Waals surface area contributed by atoms with Crippen molar-refractivity contribution < 1.29 is 4.42 Å². The Labute approximate surface area is 259 Å². The molecule has 2 aromatic heterocycles. The molecule has 0 bridgehead atoms. The third-order valence-electron chi connectivity index (χ3n) is 8.54. The van der Waals surface area contributed by atoms with Crippen molar-refractivity contribution in [1.82, 2.24) is 15.0 Å². The van der Waals surface area contributed by atoms with Gasteiger partial charge in [-0.1, -0.05) is 133 Å². The summed E-state index contributed by atoms with van der Waals surface area (Å²) < 4.78 is 6.24. The minimum Gasteiger partial charge on any atom is -0.456 e. The molecule has 0 aliphatic carbocycles. The molecule has 9 rings (SSSR count). The van der Waals surface area contributed by atoms with Crippen LogP contribution in [0.5, 0.6) is 0 Å². The van der Waals surface area contributed by atoms with E-state index in [1.807, 2.05) is 60.7 Å². The minimum atomic E-state index is 0.605. The number of hydrogen-bond donors (Lipinski definition) is 0. The lowest BCUT2D eigenvalue weighted by Crippen LogP contribution is -2.01. The summed E-state index contributed by atoms with van der Waals surface area (Å²) in [5, 5.41) is 6.72. The Morgan fingerprint density at radius 2 is 0.933 bits per heavy atom. The second-order valence-electron chi connectivity index (χ2n) is 11.2. The van der Waals surface area contributed by atoms with Gasteiger partial charge in [-0.05, 0) is 45.3 Å². The van der Waals surface area contributed by atoms with E-state index in [1.54, 1.807) is 0 Å². The number of fused-ring (bicyclic) bond motifs is 5. The molecule has 0 unspecified atom stereocenters. The Morgan fingerprint density at radius 3 is 1.78 bits per heavy atom. The van der Waals surface area contributed by atoms with E-state index < -0.39 is 0 Å². The van der Waals surface area contributed by atoms with Gasteiger partial charge < -0.3 is 4.42 Å². The first-order valence-electron chi connectivity index (χ1n) is 15.0. The molecule has 0 radical (unpaired) electrons. The number of nitrogens with zero attached hydrogens (tertiary/aromatic N) is 3. The van der Waals surface area contributed by atoms with E-state index in [2.05, 4.69) is 91.0 Å². The quantitative estimate of drug-likeness (QED) is 0.209. The van der Waals surface area contributed by atoms with Crippen LogP contribution in [0.3, 0.4) is 0 Å². The Hall–Kier alpha value is -6.13. The second kappa shape index (κ2) is 10.2. The lowest BCUT2D eigenvalue weighted by molar-refractivity contribution is 0.669. The van der Waals surface area contributed by atoms with Gasteiger partial charge in [-0.3, -0.25) is 0 Å². The molecular formula is C41H25N3O. The topological polar surface area (TPSA) is 51.8 Å². The largest absolute Gasteiger partial charge is 0.456 e. The molecule has 2 heterocycles. The summed E-state index contributed by atoms with van der Waals surface area (Å²) in [5.41, 5.74) is 6.68. The van der Waals surface area contributed by atoms with Crippen LogP contribution < -0.4 is 0 Å². The molecule has 4 heteroatoms. The van der Waals surface area contributed by atoms with Gasteiger partial charge in [0.2, 0.25) is 0 Å². The highest BCUT2D eigenvalue weighted by atomic mass is 16.3. The SMILES string of the molecule is c1ccc(-c2nc(-c3ccc4ccccc4c3-c3cccc4ccccc34)nc(-c3cccc4oc5ccccc5c34)n2)cc1. The van der Waals surface area contributed by atoms with E-state index in [0.29, 0.717) is 17.5 Å². The van der Waals surface area contributed by atoms with Crippen LogP contribution in [0, 0.1) is 0 Å². The molecular weight excluding hydrogens is 550 g/mol. The van der Waals surface area contributed by atoms with Crippen molar-refractivity contribution in [1.29, 1.82) is 0 Å². The van der Waals surface area contributed by atoms with Crippen LogP contribution in [0.1, 0.15) is 0 Å². The molecule has 0 saturated heterocycles. The van der Waals surface area contributed by atoms with E-state index in [0.717, 1.165) is 60.5 Å². The maximum Gasteiger partial charge on any atom is 0.164 e. The van der Waals surface area contributed by atoms with Crippen LogP contribution >= 0.6 is 0 Å². The molecule has 0 aliphatic rings. The molecule has 0 aliphatic heterocycles. The molecule has 7 aromatic carbocycles. The first-order valence-corrected chi connectivity index (χ1v) is 15.0. The monoisotopic (exact) mass is 575 g/mol. The summed E-state index contributed by atoms with van der Waals surface area (Å²) >= 11 is 0. The fourth-order valence-corrected chi connectivity index (χ4v) is 6.49. The van der Waals surface area contributed by atoms with E-state index in [4.69, 9.17) is 19.4 Å². The van der Waals surface area contributed by atoms with Gasteiger partial charge in [0, 0.05) is 33.0 Å². The highest BCUT2D eigenvalue weighted by Gasteiger charge is 2.21. The smallest absolute Gasteiger partial charge is 0.164 e. The maximum absolute atomic E-state index is 6.24. The highest BCUT2D eigenvalue weighted by Crippen LogP contribution is 2.42. The summed E-state index contributed by atoms with van der Waals surface area (Å²) in [6.45, 7) is 0. The zero-order valence-corrected chi connectivity index (χ0v) is 24.2. The number of benzene rings is 7. The standard InChI is InChI=1S/C41H25N3O/c1-2-14-28(15-3-1)39-42-40(33-21-11-23-36-38(33)32-19-8-9-22-35(32)45-36)44-41(43-39)34-25-24-27-13-5-7-18-30(27)37(34)31-20-10-16-26-12-4-6-17-29(26)31/h1-25H. The molecule has 45 heavy (non-hydrogen) atoms. The van der Waals surface area contributed by atoms with Gasteiger partial charge >= 0.3 is 0 Å². The van der Waals surface area contributed by atoms with Gasteiger partial charge in [0.1, 0.15) is 11.2 Å². The van der Waals surface area contributed by atoms with E-state index in [-0.39, 0.29) is 0 Å². The lowest BCUT2D eigenvalue weighted by Gasteiger charge is -2.16. The van der Waals surface area contributed by atoms with Crippen molar-refractivity contribution >= 4 is 43.5 Å². The van der Waals surface area contributed by atoms with Gasteiger partial charge in [0.25, 0.3) is 0 Å². The third kappa shape index (κ3) is 4.19. The first-order chi connectivity index (χ1) is 22.3. The van der Waals surface area contributed by atoms with Crippen LogP contribution in [-0.4, -0.2) is 15.0 Å². The van der Waals surface area contributed by atoms with Crippen LogP contribution in [-0.2, 0) is 0 Å². The third-order valence-corrected chi connectivity index (χ3v) is 8.54. The molecule has 210 valence electrons. The van der Waals surface area contributed by atoms with Gasteiger partial charge in [-0.2, -0.15) is 0 Å². The summed E-state index contributed by atoms with van der Waals surface area (Å²) in [5.74, 6) is 1.85. The Balaban J connectivity index is 1.38. The first kappa shape index (κ1) is 25.4. The van der Waals surface area contributed by atoms with Crippen molar-refractivity contribution in [2.45, 2.75) is 0 Å². The number of aromatic nitrogens is 3. The molecule has 0 saturated carbocycles. The average Bonchev–Trinajstić information content (AvgIpc) is 3.50. The predicted octanol–water partition coefficient (Wildman–Crippen LogP) is 10.7. The average molecular weight is 576 g/mol. The Kier molecular flexibility index (Phi) is 5.78. The van der Waals surface area contributed by atoms with E-state index in [9.17, 15) is 0 Å². The van der Waals surface area contributed by atoms with Crippen molar-refractivity contribution in [3.05, 3.63) is 152 Å². The van der Waals surface area contributed by atoms with Crippen molar-refractivity contribution in [2.24, 2.45) is 0 Å². The van der Waals surface area contributed by atoms with Gasteiger partial charge in [0.05, 0.1) is 0 Å². The van der Waals surface area contributed by atoms with Crippen LogP contribution in [0.15, 0.2) is 156 Å². The number of hydrogen-bond acceptors (Lipinski definition) is 4. The minimum absolute atomic E-state index is 0.605.